The summed E-state index contributed by atoms with van der Waals surface area (Å²) >= 11 is 0. The summed E-state index contributed by atoms with van der Waals surface area (Å²) in [6.45, 7) is 0.105. The first kappa shape index (κ1) is 23.4. The van der Waals surface area contributed by atoms with Crippen molar-refractivity contribution in [2.75, 3.05) is 30.8 Å². The molecular weight excluding hydrogens is 424 g/mol. The summed E-state index contributed by atoms with van der Waals surface area (Å²) in [4.78, 5) is 38.7. The van der Waals surface area contributed by atoms with Gasteiger partial charge in [0, 0.05) is 24.3 Å². The maximum Gasteiger partial charge on any atom is 0.319 e. The van der Waals surface area contributed by atoms with Gasteiger partial charge in [-0.25, -0.2) is 4.79 Å². The van der Waals surface area contributed by atoms with Crippen molar-refractivity contribution in [1.29, 1.82) is 0 Å². The molecule has 3 aromatic rings. The molecule has 0 unspecified atom stereocenters. The summed E-state index contributed by atoms with van der Waals surface area (Å²) in [6, 6.07) is 18.9. The van der Waals surface area contributed by atoms with Gasteiger partial charge in [-0.05, 0) is 48.5 Å². The molecule has 3 N–H and O–H groups in total. The molecular formula is C24H26N4O5. The quantitative estimate of drug-likeness (QED) is 0.438. The lowest BCUT2D eigenvalue weighted by Crippen LogP contribution is -2.39. The maximum atomic E-state index is 12.8. The van der Waals surface area contributed by atoms with E-state index < -0.39 is 6.03 Å². The first-order chi connectivity index (χ1) is 16.0. The van der Waals surface area contributed by atoms with Gasteiger partial charge in [-0.3, -0.25) is 9.59 Å². The zero-order valence-electron chi connectivity index (χ0n) is 18.2. The molecule has 4 amide bonds. The number of furan rings is 1. The van der Waals surface area contributed by atoms with Crippen LogP contribution in [0.1, 0.15) is 12.2 Å². The number of urea groups is 1. The Hall–Kier alpha value is -4.27. The molecule has 33 heavy (non-hydrogen) atoms. The van der Waals surface area contributed by atoms with Gasteiger partial charge < -0.3 is 30.0 Å². The number of ether oxygens (including phenoxy) is 1. The van der Waals surface area contributed by atoms with Crippen molar-refractivity contribution in [1.82, 2.24) is 10.2 Å². The number of benzene rings is 2. The van der Waals surface area contributed by atoms with Crippen LogP contribution in [0.3, 0.4) is 0 Å². The number of nitrogens with one attached hydrogen (secondary N) is 3. The monoisotopic (exact) mass is 450 g/mol. The van der Waals surface area contributed by atoms with Gasteiger partial charge in [-0.15, -0.1) is 0 Å². The third-order valence-electron chi connectivity index (χ3n) is 4.64. The number of nitrogens with zero attached hydrogens (tertiary/aromatic N) is 1. The van der Waals surface area contributed by atoms with Crippen LogP contribution in [0, 0.1) is 0 Å². The van der Waals surface area contributed by atoms with Crippen LogP contribution >= 0.6 is 0 Å². The molecule has 9 nitrogen and oxygen atoms in total. The summed E-state index contributed by atoms with van der Waals surface area (Å²) in [6.07, 6.45) is 1.53. The third-order valence-corrected chi connectivity index (χ3v) is 4.64. The summed E-state index contributed by atoms with van der Waals surface area (Å²) in [5, 5.41) is 8.09. The first-order valence-corrected chi connectivity index (χ1v) is 10.4. The Morgan fingerprint density at radius 1 is 0.909 bits per heavy atom. The summed E-state index contributed by atoms with van der Waals surface area (Å²) in [5.41, 5.74) is 1.24. The van der Waals surface area contributed by atoms with Crippen molar-refractivity contribution < 1.29 is 23.5 Å². The van der Waals surface area contributed by atoms with E-state index in [0.29, 0.717) is 22.9 Å². The van der Waals surface area contributed by atoms with E-state index in [4.69, 9.17) is 9.15 Å². The average molecular weight is 450 g/mol. The molecule has 0 atom stereocenters. The smallest absolute Gasteiger partial charge is 0.319 e. The number of rotatable bonds is 10. The minimum atomic E-state index is -0.438. The third kappa shape index (κ3) is 7.73. The van der Waals surface area contributed by atoms with Gasteiger partial charge in [-0.2, -0.15) is 0 Å². The fraction of sp³-hybridized carbons (Fsp3) is 0.208. The topological polar surface area (TPSA) is 113 Å². The minimum absolute atomic E-state index is 0.0232. The molecule has 0 saturated heterocycles. The van der Waals surface area contributed by atoms with E-state index in [1.54, 1.807) is 55.6 Å². The standard InChI is InChI=1S/C24H26N4O5/c1-32-20-11-9-19(10-12-20)27-24(31)25-14-13-23(30)28(16-21-8-5-15-33-21)17-22(29)26-18-6-3-2-4-7-18/h2-12,15H,13-14,16-17H2,1H3,(H,26,29)(H2,25,27,31). The molecule has 1 aromatic heterocycles. The fourth-order valence-electron chi connectivity index (χ4n) is 3.01. The highest BCUT2D eigenvalue weighted by Gasteiger charge is 2.19. The lowest BCUT2D eigenvalue weighted by Gasteiger charge is -2.21. The van der Waals surface area contributed by atoms with Crippen LogP contribution in [0.15, 0.2) is 77.4 Å². The van der Waals surface area contributed by atoms with Gasteiger partial charge in [0.1, 0.15) is 18.1 Å². The lowest BCUT2D eigenvalue weighted by molar-refractivity contribution is -0.135. The van der Waals surface area contributed by atoms with Gasteiger partial charge in [0.05, 0.1) is 19.9 Å². The second-order valence-corrected chi connectivity index (χ2v) is 7.10. The molecule has 0 bridgehead atoms. The Kier molecular flexibility index (Phi) is 8.47. The summed E-state index contributed by atoms with van der Waals surface area (Å²) < 4.78 is 10.4. The highest BCUT2D eigenvalue weighted by molar-refractivity contribution is 5.94. The predicted molar refractivity (Wildman–Crippen MR) is 124 cm³/mol. The van der Waals surface area contributed by atoms with E-state index in [1.165, 1.54) is 11.2 Å². The zero-order chi connectivity index (χ0) is 23.5. The molecule has 0 spiro atoms. The van der Waals surface area contributed by atoms with Gasteiger partial charge in [0.2, 0.25) is 11.8 Å². The van der Waals surface area contributed by atoms with Crippen LogP contribution in [0.4, 0.5) is 16.2 Å². The number of carbonyl (C=O) groups excluding carboxylic acids is 3. The van der Waals surface area contributed by atoms with Crippen LogP contribution in [-0.2, 0) is 16.1 Å². The molecule has 0 fully saturated rings. The number of hydrogen-bond acceptors (Lipinski definition) is 5. The van der Waals surface area contributed by atoms with Crippen molar-refractivity contribution in [3.63, 3.8) is 0 Å². The molecule has 0 aliphatic heterocycles. The number of para-hydroxylation sites is 1. The molecule has 0 saturated carbocycles. The van der Waals surface area contributed by atoms with Gasteiger partial charge in [0.25, 0.3) is 0 Å². The van der Waals surface area contributed by atoms with Gasteiger partial charge in [0.15, 0.2) is 0 Å². The summed E-state index contributed by atoms with van der Waals surface area (Å²) in [5.74, 6) is 0.617. The zero-order valence-corrected chi connectivity index (χ0v) is 18.2. The molecule has 0 aliphatic rings. The summed E-state index contributed by atoms with van der Waals surface area (Å²) in [7, 11) is 1.56. The van der Waals surface area contributed by atoms with Crippen molar-refractivity contribution >= 4 is 29.2 Å². The molecule has 1 heterocycles. The molecule has 172 valence electrons. The van der Waals surface area contributed by atoms with Crippen molar-refractivity contribution in [2.24, 2.45) is 0 Å². The Balaban J connectivity index is 1.50. The SMILES string of the molecule is COc1ccc(NC(=O)NCCC(=O)N(CC(=O)Nc2ccccc2)Cc2ccco2)cc1. The Morgan fingerprint density at radius 3 is 2.30 bits per heavy atom. The van der Waals surface area contributed by atoms with E-state index in [9.17, 15) is 14.4 Å². The number of anilines is 2. The highest BCUT2D eigenvalue weighted by atomic mass is 16.5. The van der Waals surface area contributed by atoms with E-state index in [1.807, 2.05) is 18.2 Å². The van der Waals surface area contributed by atoms with Gasteiger partial charge in [-0.1, -0.05) is 18.2 Å². The number of hydrogen-bond donors (Lipinski definition) is 3. The molecule has 9 heteroatoms. The molecule has 3 rings (SSSR count). The maximum absolute atomic E-state index is 12.8. The van der Waals surface area contributed by atoms with E-state index >= 15 is 0 Å². The van der Waals surface area contributed by atoms with Gasteiger partial charge >= 0.3 is 6.03 Å². The van der Waals surface area contributed by atoms with Crippen molar-refractivity contribution in [3.8, 4) is 5.75 Å². The average Bonchev–Trinajstić information content (AvgIpc) is 3.33. The van der Waals surface area contributed by atoms with Crippen LogP contribution < -0.4 is 20.7 Å². The molecule has 0 radical (unpaired) electrons. The fourth-order valence-corrected chi connectivity index (χ4v) is 3.01. The Morgan fingerprint density at radius 2 is 1.64 bits per heavy atom. The highest BCUT2D eigenvalue weighted by Crippen LogP contribution is 2.15. The second kappa shape index (κ2) is 11.9. The minimum Gasteiger partial charge on any atom is -0.497 e. The van der Waals surface area contributed by atoms with Crippen LogP contribution in [0.25, 0.3) is 0 Å². The number of amides is 4. The molecule has 2 aromatic carbocycles. The Labute approximate surface area is 191 Å². The van der Waals surface area contributed by atoms with Crippen molar-refractivity contribution in [3.05, 3.63) is 78.8 Å². The van der Waals surface area contributed by atoms with E-state index in [0.717, 1.165) is 0 Å². The lowest BCUT2D eigenvalue weighted by atomic mass is 10.3. The second-order valence-electron chi connectivity index (χ2n) is 7.10. The Bertz CT molecular complexity index is 1040. The van der Waals surface area contributed by atoms with Crippen molar-refractivity contribution in [2.45, 2.75) is 13.0 Å². The van der Waals surface area contributed by atoms with Crippen LogP contribution in [0.5, 0.6) is 5.75 Å². The predicted octanol–water partition coefficient (Wildman–Crippen LogP) is 3.47. The van der Waals surface area contributed by atoms with Crippen LogP contribution in [0.2, 0.25) is 0 Å². The molecule has 0 aliphatic carbocycles. The van der Waals surface area contributed by atoms with E-state index in [-0.39, 0.29) is 37.9 Å². The van der Waals surface area contributed by atoms with Crippen LogP contribution in [-0.4, -0.2) is 42.9 Å². The number of carbonyl (C=O) groups is 3. The number of methoxy groups -OCH3 is 1. The van der Waals surface area contributed by atoms with E-state index in [2.05, 4.69) is 16.0 Å². The normalized spacial score (nSPS) is 10.2. The largest absolute Gasteiger partial charge is 0.497 e. The first-order valence-electron chi connectivity index (χ1n) is 10.4.